The minimum atomic E-state index is -3.19. The van der Waals surface area contributed by atoms with Gasteiger partial charge in [0.15, 0.2) is 5.16 Å². The van der Waals surface area contributed by atoms with Crippen molar-refractivity contribution in [2.24, 2.45) is 7.05 Å². The molecule has 9 nitrogen and oxygen atoms in total. The lowest BCUT2D eigenvalue weighted by Crippen LogP contribution is -2.41. The van der Waals surface area contributed by atoms with Gasteiger partial charge in [0.2, 0.25) is 10.0 Å². The number of ether oxygens (including phenoxy) is 1. The average molecular weight is 529 g/mol. The van der Waals surface area contributed by atoms with E-state index in [1.165, 1.54) is 34.7 Å². The molecule has 0 atom stereocenters. The van der Waals surface area contributed by atoms with Crippen molar-refractivity contribution in [3.63, 3.8) is 0 Å². The summed E-state index contributed by atoms with van der Waals surface area (Å²) in [7, 11) is -1.33. The third kappa shape index (κ3) is 5.45. The Balaban J connectivity index is 1.32. The van der Waals surface area contributed by atoms with Crippen molar-refractivity contribution < 1.29 is 17.5 Å². The number of halogens is 1. The van der Waals surface area contributed by atoms with E-state index < -0.39 is 10.0 Å². The maximum Gasteiger partial charge on any atom is 0.211 e. The fraction of sp³-hybridized carbons (Fsp3) is 0.292. The van der Waals surface area contributed by atoms with E-state index in [9.17, 15) is 12.8 Å². The summed E-state index contributed by atoms with van der Waals surface area (Å²) in [5.74, 6) is 0.809. The molecule has 2 aromatic heterocycles. The molecule has 1 aliphatic heterocycles. The number of anilines is 2. The molecule has 2 aromatic carbocycles. The van der Waals surface area contributed by atoms with Crippen LogP contribution in [0, 0.1) is 5.82 Å². The van der Waals surface area contributed by atoms with Crippen LogP contribution < -0.4 is 10.1 Å². The lowest BCUT2D eigenvalue weighted by atomic mass is 10.1. The number of benzene rings is 2. The highest BCUT2D eigenvalue weighted by molar-refractivity contribution is 7.99. The molecule has 188 valence electrons. The predicted molar refractivity (Wildman–Crippen MR) is 137 cm³/mol. The van der Waals surface area contributed by atoms with Gasteiger partial charge in [-0.1, -0.05) is 0 Å². The number of piperidine rings is 1. The van der Waals surface area contributed by atoms with Crippen molar-refractivity contribution >= 4 is 44.2 Å². The van der Waals surface area contributed by atoms with E-state index in [1.54, 1.807) is 18.3 Å². The minimum Gasteiger partial charge on any atom is -0.490 e. The molecule has 0 spiro atoms. The van der Waals surface area contributed by atoms with Crippen LogP contribution in [-0.4, -0.2) is 57.7 Å². The van der Waals surface area contributed by atoms with Crippen LogP contribution in [0.1, 0.15) is 12.8 Å². The van der Waals surface area contributed by atoms with Gasteiger partial charge in [0.25, 0.3) is 0 Å². The second-order valence-electron chi connectivity index (χ2n) is 8.57. The fourth-order valence-corrected chi connectivity index (χ4v) is 5.71. The number of fused-ring (bicyclic) bond motifs is 1. The van der Waals surface area contributed by atoms with E-state index in [0.717, 1.165) is 5.39 Å². The molecule has 0 amide bonds. The maximum atomic E-state index is 14.8. The van der Waals surface area contributed by atoms with Crippen LogP contribution in [0.2, 0.25) is 0 Å². The number of rotatable bonds is 7. The van der Waals surface area contributed by atoms with Gasteiger partial charge in [0, 0.05) is 43.6 Å². The molecule has 12 heteroatoms. The highest BCUT2D eigenvalue weighted by Crippen LogP contribution is 2.32. The van der Waals surface area contributed by atoms with Crippen molar-refractivity contribution in [1.29, 1.82) is 0 Å². The average Bonchev–Trinajstić information content (AvgIpc) is 3.25. The third-order valence-corrected chi connectivity index (χ3v) is 8.38. The second-order valence-corrected chi connectivity index (χ2v) is 11.6. The Morgan fingerprint density at radius 1 is 1.11 bits per heavy atom. The summed E-state index contributed by atoms with van der Waals surface area (Å²) < 4.78 is 47.8. The van der Waals surface area contributed by atoms with E-state index in [1.807, 2.05) is 36.0 Å². The first-order valence-corrected chi connectivity index (χ1v) is 14.0. The smallest absolute Gasteiger partial charge is 0.211 e. The number of aromatic nitrogens is 4. The van der Waals surface area contributed by atoms with Gasteiger partial charge in [-0.2, -0.15) is 0 Å². The molecular weight excluding hydrogens is 503 g/mol. The number of sulfonamides is 1. The van der Waals surface area contributed by atoms with Gasteiger partial charge in [0.1, 0.15) is 29.8 Å². The fourth-order valence-electron chi connectivity index (χ4n) is 4.03. The van der Waals surface area contributed by atoms with Crippen LogP contribution in [0.3, 0.4) is 0 Å². The molecular formula is C24H25FN6O3S2. The summed E-state index contributed by atoms with van der Waals surface area (Å²) >= 11 is 1.26. The Morgan fingerprint density at radius 3 is 2.61 bits per heavy atom. The Labute approximate surface area is 212 Å². The first-order valence-electron chi connectivity index (χ1n) is 11.3. The quantitative estimate of drug-likeness (QED) is 0.381. The van der Waals surface area contributed by atoms with Crippen LogP contribution in [0.15, 0.2) is 65.2 Å². The van der Waals surface area contributed by atoms with E-state index in [2.05, 4.69) is 20.3 Å². The van der Waals surface area contributed by atoms with E-state index in [-0.39, 0.29) is 11.9 Å². The lowest BCUT2D eigenvalue weighted by Gasteiger charge is -2.30. The Hall–Kier alpha value is -3.22. The number of aryl methyl sites for hydroxylation is 1. The second kappa shape index (κ2) is 10.0. The predicted octanol–water partition coefficient (Wildman–Crippen LogP) is 4.20. The maximum absolute atomic E-state index is 14.8. The number of imidazole rings is 1. The van der Waals surface area contributed by atoms with Gasteiger partial charge < -0.3 is 14.6 Å². The molecule has 4 aromatic rings. The van der Waals surface area contributed by atoms with E-state index >= 15 is 0 Å². The topological polar surface area (TPSA) is 102 Å². The molecule has 1 saturated heterocycles. The SMILES string of the molecule is Cn1ccnc1Sc1ccc(Nc2ncnc3ccc(OC4CCN(S(C)(=O)=O)CC4)cc23)cc1F. The summed E-state index contributed by atoms with van der Waals surface area (Å²) in [4.78, 5) is 13.4. The molecule has 0 bridgehead atoms. The minimum absolute atomic E-state index is 0.0839. The highest BCUT2D eigenvalue weighted by atomic mass is 32.2. The highest BCUT2D eigenvalue weighted by Gasteiger charge is 2.26. The van der Waals surface area contributed by atoms with Gasteiger partial charge >= 0.3 is 0 Å². The Morgan fingerprint density at radius 2 is 1.92 bits per heavy atom. The molecule has 0 saturated carbocycles. The normalized spacial score (nSPS) is 15.3. The van der Waals surface area contributed by atoms with Gasteiger partial charge in [-0.15, -0.1) is 0 Å². The van der Waals surface area contributed by atoms with E-state index in [4.69, 9.17) is 4.74 Å². The standard InChI is InChI=1S/C24H25FN6O3S2/c1-30-12-9-26-24(30)35-22-6-3-16(13-20(22)25)29-23-19-14-18(4-5-21(19)27-15-28-23)34-17-7-10-31(11-8-17)36(2,32)33/h3-6,9,12-15,17H,7-8,10-11H2,1-2H3,(H,27,28,29). The zero-order chi connectivity index (χ0) is 25.3. The van der Waals surface area contributed by atoms with Crippen LogP contribution in [-0.2, 0) is 17.1 Å². The Bertz CT molecular complexity index is 1500. The molecule has 0 unspecified atom stereocenters. The Kier molecular flexibility index (Phi) is 6.82. The molecule has 1 fully saturated rings. The van der Waals surface area contributed by atoms with Crippen molar-refractivity contribution in [2.45, 2.75) is 29.0 Å². The summed E-state index contributed by atoms with van der Waals surface area (Å²) in [6.07, 6.45) is 7.31. The van der Waals surface area contributed by atoms with Gasteiger partial charge in [-0.3, -0.25) is 0 Å². The zero-order valence-electron chi connectivity index (χ0n) is 19.8. The van der Waals surface area contributed by atoms with Crippen LogP contribution in [0.4, 0.5) is 15.9 Å². The monoisotopic (exact) mass is 528 g/mol. The summed E-state index contributed by atoms with van der Waals surface area (Å²) in [5, 5.41) is 4.62. The molecule has 0 radical (unpaired) electrons. The van der Waals surface area contributed by atoms with Gasteiger partial charge in [-0.05, 0) is 61.0 Å². The van der Waals surface area contributed by atoms with Crippen molar-refractivity contribution in [3.05, 3.63) is 60.9 Å². The van der Waals surface area contributed by atoms with Crippen molar-refractivity contribution in [3.8, 4) is 5.75 Å². The number of nitrogens with one attached hydrogen (secondary N) is 1. The molecule has 5 rings (SSSR count). The van der Waals surface area contributed by atoms with Gasteiger partial charge in [0.05, 0.1) is 16.7 Å². The molecule has 0 aliphatic carbocycles. The van der Waals surface area contributed by atoms with Gasteiger partial charge in [-0.25, -0.2) is 32.1 Å². The lowest BCUT2D eigenvalue weighted by molar-refractivity contribution is 0.135. The van der Waals surface area contributed by atoms with Crippen LogP contribution in [0.25, 0.3) is 10.9 Å². The first kappa shape index (κ1) is 24.5. The molecule has 36 heavy (non-hydrogen) atoms. The summed E-state index contributed by atoms with van der Waals surface area (Å²) in [6, 6.07) is 10.5. The summed E-state index contributed by atoms with van der Waals surface area (Å²) in [6.45, 7) is 0.875. The molecule has 1 aliphatic rings. The number of hydrogen-bond acceptors (Lipinski definition) is 8. The number of hydrogen-bond donors (Lipinski definition) is 1. The van der Waals surface area contributed by atoms with Crippen LogP contribution >= 0.6 is 11.8 Å². The van der Waals surface area contributed by atoms with E-state index in [0.29, 0.717) is 58.8 Å². The van der Waals surface area contributed by atoms with Crippen molar-refractivity contribution in [1.82, 2.24) is 23.8 Å². The van der Waals surface area contributed by atoms with Crippen molar-refractivity contribution in [2.75, 3.05) is 24.7 Å². The largest absolute Gasteiger partial charge is 0.490 e. The summed E-state index contributed by atoms with van der Waals surface area (Å²) in [5.41, 5.74) is 1.27. The zero-order valence-corrected chi connectivity index (χ0v) is 21.4. The third-order valence-electron chi connectivity index (χ3n) is 5.95. The molecule has 1 N–H and O–H groups in total. The first-order chi connectivity index (χ1) is 17.3. The van der Waals surface area contributed by atoms with Crippen LogP contribution in [0.5, 0.6) is 5.75 Å². The number of nitrogens with zero attached hydrogens (tertiary/aromatic N) is 5. The molecule has 3 heterocycles.